The molecule has 0 amide bonds. The lowest BCUT2D eigenvalue weighted by atomic mass is 10.0. The first-order valence-electron chi connectivity index (χ1n) is 5.81. The molecule has 1 aliphatic heterocycles. The van der Waals surface area contributed by atoms with Crippen molar-refractivity contribution in [1.29, 1.82) is 0 Å². The molecule has 0 saturated carbocycles. The van der Waals surface area contributed by atoms with Crippen LogP contribution >= 0.6 is 11.6 Å². The molecule has 2 N–H and O–H groups in total. The molecule has 3 rings (SSSR count). The van der Waals surface area contributed by atoms with E-state index in [1.54, 1.807) is 16.5 Å². The Morgan fingerprint density at radius 2 is 2.41 bits per heavy atom. The van der Waals surface area contributed by atoms with Crippen LogP contribution in [0.3, 0.4) is 0 Å². The fraction of sp³-hybridized carbons (Fsp3) is 0.417. The highest BCUT2D eigenvalue weighted by Crippen LogP contribution is 2.25. The van der Waals surface area contributed by atoms with Crippen molar-refractivity contribution < 1.29 is 5.11 Å². The van der Waals surface area contributed by atoms with Gasteiger partial charge in [-0.1, -0.05) is 17.7 Å². The monoisotopic (exact) mass is 251 g/mol. The molecular formula is C12H14ClN3O. The van der Waals surface area contributed by atoms with E-state index in [4.69, 9.17) is 11.6 Å². The largest absolute Gasteiger partial charge is 0.494 e. The van der Waals surface area contributed by atoms with E-state index >= 15 is 0 Å². The lowest BCUT2D eigenvalue weighted by molar-refractivity contribution is 0.439. The summed E-state index contributed by atoms with van der Waals surface area (Å²) in [5.74, 6) is 1.62. The van der Waals surface area contributed by atoms with Gasteiger partial charge in [-0.2, -0.15) is 0 Å². The molecular weight excluding hydrogens is 238 g/mol. The van der Waals surface area contributed by atoms with Gasteiger partial charge in [0.2, 0.25) is 0 Å². The van der Waals surface area contributed by atoms with Crippen LogP contribution in [0.4, 0.5) is 0 Å². The zero-order valence-electron chi connectivity index (χ0n) is 9.36. The van der Waals surface area contributed by atoms with Crippen molar-refractivity contribution in [2.45, 2.75) is 12.8 Å². The summed E-state index contributed by atoms with van der Waals surface area (Å²) in [6.07, 6.45) is 2.00. The van der Waals surface area contributed by atoms with E-state index < -0.39 is 0 Å². The third-order valence-corrected chi connectivity index (χ3v) is 3.58. The van der Waals surface area contributed by atoms with Crippen LogP contribution in [-0.2, 0) is 6.42 Å². The number of nitrogens with one attached hydrogen (secondary N) is 1. The van der Waals surface area contributed by atoms with Gasteiger partial charge >= 0.3 is 0 Å². The summed E-state index contributed by atoms with van der Waals surface area (Å²) >= 11 is 6.08. The number of pyridine rings is 1. The van der Waals surface area contributed by atoms with Crippen LogP contribution in [0.5, 0.6) is 5.88 Å². The third-order valence-electron chi connectivity index (χ3n) is 3.30. The molecule has 90 valence electrons. The van der Waals surface area contributed by atoms with Gasteiger partial charge in [0.05, 0.1) is 5.52 Å². The first kappa shape index (κ1) is 10.9. The second-order valence-electron chi connectivity index (χ2n) is 4.49. The zero-order chi connectivity index (χ0) is 11.8. The average molecular weight is 252 g/mol. The molecule has 4 nitrogen and oxygen atoms in total. The highest BCUT2D eigenvalue weighted by atomic mass is 35.5. The van der Waals surface area contributed by atoms with Crippen LogP contribution < -0.4 is 5.32 Å². The SMILES string of the molecule is Oc1cccc2c(Cl)nc(CC3CCNC3)n12. The second kappa shape index (κ2) is 4.20. The topological polar surface area (TPSA) is 49.6 Å². The maximum atomic E-state index is 9.89. The number of halogens is 1. The van der Waals surface area contributed by atoms with Crippen LogP contribution in [-0.4, -0.2) is 27.6 Å². The summed E-state index contributed by atoms with van der Waals surface area (Å²) in [7, 11) is 0. The molecule has 0 spiro atoms. The number of hydrogen-bond acceptors (Lipinski definition) is 3. The van der Waals surface area contributed by atoms with Gasteiger partial charge in [-0.3, -0.25) is 4.40 Å². The van der Waals surface area contributed by atoms with E-state index in [-0.39, 0.29) is 5.88 Å². The predicted octanol–water partition coefficient (Wildman–Crippen LogP) is 1.85. The highest BCUT2D eigenvalue weighted by Gasteiger charge is 2.19. The van der Waals surface area contributed by atoms with Gasteiger partial charge in [0, 0.05) is 6.42 Å². The number of hydrogen-bond donors (Lipinski definition) is 2. The van der Waals surface area contributed by atoms with E-state index in [1.807, 2.05) is 6.07 Å². The molecule has 3 heterocycles. The molecule has 17 heavy (non-hydrogen) atoms. The zero-order valence-corrected chi connectivity index (χ0v) is 10.1. The van der Waals surface area contributed by atoms with Crippen molar-refractivity contribution in [3.05, 3.63) is 29.2 Å². The molecule has 0 bridgehead atoms. The number of aromatic hydroxyl groups is 1. The maximum absolute atomic E-state index is 9.89. The van der Waals surface area contributed by atoms with Crippen molar-refractivity contribution in [2.75, 3.05) is 13.1 Å². The summed E-state index contributed by atoms with van der Waals surface area (Å²) in [4.78, 5) is 4.35. The summed E-state index contributed by atoms with van der Waals surface area (Å²) in [5.41, 5.74) is 0.771. The maximum Gasteiger partial charge on any atom is 0.197 e. The Morgan fingerprint density at radius 1 is 1.53 bits per heavy atom. The van der Waals surface area contributed by atoms with E-state index in [0.717, 1.165) is 37.3 Å². The van der Waals surface area contributed by atoms with Crippen LogP contribution in [0.15, 0.2) is 18.2 Å². The summed E-state index contributed by atoms with van der Waals surface area (Å²) in [6.45, 7) is 2.08. The van der Waals surface area contributed by atoms with Gasteiger partial charge in [-0.25, -0.2) is 4.98 Å². The van der Waals surface area contributed by atoms with Gasteiger partial charge in [-0.15, -0.1) is 0 Å². The van der Waals surface area contributed by atoms with Crippen molar-refractivity contribution in [3.63, 3.8) is 0 Å². The van der Waals surface area contributed by atoms with E-state index in [0.29, 0.717) is 11.1 Å². The van der Waals surface area contributed by atoms with Crippen molar-refractivity contribution in [2.24, 2.45) is 5.92 Å². The van der Waals surface area contributed by atoms with Gasteiger partial charge in [-0.05, 0) is 37.6 Å². The Labute approximate surface area is 104 Å². The van der Waals surface area contributed by atoms with E-state index in [2.05, 4.69) is 10.3 Å². The Hall–Kier alpha value is -1.26. The fourth-order valence-electron chi connectivity index (χ4n) is 2.43. The molecule has 0 radical (unpaired) electrons. The van der Waals surface area contributed by atoms with Crippen LogP contribution in [0.25, 0.3) is 5.52 Å². The average Bonchev–Trinajstić information content (AvgIpc) is 2.90. The molecule has 1 saturated heterocycles. The molecule has 0 aromatic carbocycles. The minimum absolute atomic E-state index is 0.197. The highest BCUT2D eigenvalue weighted by molar-refractivity contribution is 6.32. The quantitative estimate of drug-likeness (QED) is 0.857. The van der Waals surface area contributed by atoms with Crippen molar-refractivity contribution in [3.8, 4) is 5.88 Å². The number of rotatable bonds is 2. The molecule has 2 aromatic heterocycles. The fourth-order valence-corrected chi connectivity index (χ4v) is 2.68. The van der Waals surface area contributed by atoms with Crippen LogP contribution in [0.2, 0.25) is 5.15 Å². The lowest BCUT2D eigenvalue weighted by Gasteiger charge is -2.07. The predicted molar refractivity (Wildman–Crippen MR) is 66.5 cm³/mol. The Balaban J connectivity index is 2.03. The molecule has 1 atom stereocenters. The minimum Gasteiger partial charge on any atom is -0.494 e. The Kier molecular flexibility index (Phi) is 2.68. The molecule has 5 heteroatoms. The second-order valence-corrected chi connectivity index (χ2v) is 4.84. The Bertz CT molecular complexity index is 546. The minimum atomic E-state index is 0.197. The number of fused-ring (bicyclic) bond motifs is 1. The number of aromatic nitrogens is 2. The number of nitrogens with zero attached hydrogens (tertiary/aromatic N) is 2. The molecule has 1 unspecified atom stereocenters. The van der Waals surface area contributed by atoms with Gasteiger partial charge in [0.15, 0.2) is 11.0 Å². The number of imidazole rings is 1. The van der Waals surface area contributed by atoms with Crippen LogP contribution in [0.1, 0.15) is 12.2 Å². The van der Waals surface area contributed by atoms with E-state index in [9.17, 15) is 5.11 Å². The molecule has 1 fully saturated rings. The van der Waals surface area contributed by atoms with Gasteiger partial charge < -0.3 is 10.4 Å². The summed E-state index contributed by atoms with van der Waals surface area (Å²) in [6, 6.07) is 5.30. The first-order valence-corrected chi connectivity index (χ1v) is 6.19. The van der Waals surface area contributed by atoms with Crippen molar-refractivity contribution in [1.82, 2.24) is 14.7 Å². The first-order chi connectivity index (χ1) is 8.25. The van der Waals surface area contributed by atoms with E-state index in [1.165, 1.54) is 0 Å². The lowest BCUT2D eigenvalue weighted by Crippen LogP contribution is -2.12. The molecule has 2 aromatic rings. The van der Waals surface area contributed by atoms with Crippen LogP contribution in [0, 0.1) is 5.92 Å². The Morgan fingerprint density at radius 3 is 3.18 bits per heavy atom. The summed E-state index contributed by atoms with van der Waals surface area (Å²) < 4.78 is 1.74. The summed E-state index contributed by atoms with van der Waals surface area (Å²) in [5, 5.41) is 13.7. The van der Waals surface area contributed by atoms with Crippen molar-refractivity contribution >= 4 is 17.1 Å². The smallest absolute Gasteiger partial charge is 0.197 e. The molecule has 0 aliphatic carbocycles. The third kappa shape index (κ3) is 1.87. The standard InChI is InChI=1S/C12H14ClN3O/c13-12-9-2-1-3-11(17)16(9)10(15-12)6-8-4-5-14-7-8/h1-3,8,14,17H,4-7H2. The van der Waals surface area contributed by atoms with Gasteiger partial charge in [0.1, 0.15) is 5.82 Å². The normalized spacial score (nSPS) is 20.2. The van der Waals surface area contributed by atoms with Gasteiger partial charge in [0.25, 0.3) is 0 Å². The molecule has 1 aliphatic rings.